The van der Waals surface area contributed by atoms with Crippen LogP contribution in [0.15, 0.2) is 71.3 Å². The lowest BCUT2D eigenvalue weighted by atomic mass is 10.2. The molecule has 1 aromatic heterocycles. The van der Waals surface area contributed by atoms with Crippen LogP contribution in [0.2, 0.25) is 0 Å². The van der Waals surface area contributed by atoms with Gasteiger partial charge >= 0.3 is 0 Å². The maximum Gasteiger partial charge on any atom is 0.258 e. The number of halogens is 1. The molecule has 0 aliphatic heterocycles. The Hall–Kier alpha value is -3.87. The summed E-state index contributed by atoms with van der Waals surface area (Å²) in [5, 5.41) is 4.05. The maximum atomic E-state index is 13.2. The third kappa shape index (κ3) is 4.25. The van der Waals surface area contributed by atoms with Crippen molar-refractivity contribution in [1.29, 1.82) is 0 Å². The summed E-state index contributed by atoms with van der Waals surface area (Å²) < 4.78 is 34.9. The minimum Gasteiger partial charge on any atom is -0.493 e. The second kappa shape index (κ2) is 8.65. The number of ether oxygens (including phenoxy) is 3. The van der Waals surface area contributed by atoms with Gasteiger partial charge in [0.25, 0.3) is 5.89 Å². The van der Waals surface area contributed by atoms with E-state index in [0.717, 1.165) is 16.7 Å². The Morgan fingerprint density at radius 1 is 0.867 bits per heavy atom. The molecule has 0 aliphatic carbocycles. The summed E-state index contributed by atoms with van der Waals surface area (Å²) in [6.45, 7) is 0.281. The fraction of sp³-hybridized carbons (Fsp3) is 0.130. The first-order valence-corrected chi connectivity index (χ1v) is 9.20. The van der Waals surface area contributed by atoms with Gasteiger partial charge in [0.2, 0.25) is 5.82 Å². The van der Waals surface area contributed by atoms with E-state index in [4.69, 9.17) is 18.7 Å². The van der Waals surface area contributed by atoms with E-state index in [0.29, 0.717) is 29.0 Å². The molecule has 0 bridgehead atoms. The predicted molar refractivity (Wildman–Crippen MR) is 109 cm³/mol. The molecule has 30 heavy (non-hydrogen) atoms. The number of nitrogens with zero attached hydrogens (tertiary/aromatic N) is 2. The molecule has 0 saturated heterocycles. The van der Waals surface area contributed by atoms with Crippen LogP contribution in [0.1, 0.15) is 5.56 Å². The normalized spacial score (nSPS) is 10.6. The van der Waals surface area contributed by atoms with Crippen LogP contribution in [-0.2, 0) is 6.61 Å². The molecule has 0 spiro atoms. The third-order valence-corrected chi connectivity index (χ3v) is 4.46. The SMILES string of the molecule is COc1ccc(-c2nc(-c3ccc(OCc4cccc(F)c4)cc3)no2)cc1OC. The average Bonchev–Trinajstić information content (AvgIpc) is 3.28. The van der Waals surface area contributed by atoms with Crippen molar-refractivity contribution in [3.05, 3.63) is 78.1 Å². The van der Waals surface area contributed by atoms with Crippen LogP contribution in [0.4, 0.5) is 4.39 Å². The highest BCUT2D eigenvalue weighted by Gasteiger charge is 2.13. The Balaban J connectivity index is 1.47. The standard InChI is InChI=1S/C23H19FN2O4/c1-27-20-11-8-17(13-21(20)28-2)23-25-22(26-30-23)16-6-9-19(10-7-16)29-14-15-4-3-5-18(24)12-15/h3-13H,14H2,1-2H3. The minimum absolute atomic E-state index is 0.281. The second-order valence-electron chi connectivity index (χ2n) is 6.44. The first-order chi connectivity index (χ1) is 14.7. The number of rotatable bonds is 7. The minimum atomic E-state index is -0.283. The van der Waals surface area contributed by atoms with Gasteiger partial charge in [0.1, 0.15) is 18.2 Å². The highest BCUT2D eigenvalue weighted by atomic mass is 19.1. The summed E-state index contributed by atoms with van der Waals surface area (Å²) in [7, 11) is 3.15. The Morgan fingerprint density at radius 3 is 2.37 bits per heavy atom. The van der Waals surface area contributed by atoms with Crippen molar-refractivity contribution < 1.29 is 23.1 Å². The molecule has 0 amide bonds. The number of methoxy groups -OCH3 is 2. The van der Waals surface area contributed by atoms with Gasteiger partial charge in [0.05, 0.1) is 14.2 Å². The van der Waals surface area contributed by atoms with Gasteiger partial charge in [0, 0.05) is 11.1 Å². The number of hydrogen-bond donors (Lipinski definition) is 0. The highest BCUT2D eigenvalue weighted by Crippen LogP contribution is 2.32. The molecule has 4 aromatic rings. The van der Waals surface area contributed by atoms with Crippen LogP contribution in [0, 0.1) is 5.82 Å². The van der Waals surface area contributed by atoms with Crippen LogP contribution in [0.25, 0.3) is 22.8 Å². The Labute approximate surface area is 172 Å². The van der Waals surface area contributed by atoms with E-state index in [1.807, 2.05) is 24.3 Å². The summed E-state index contributed by atoms with van der Waals surface area (Å²) in [6, 6.07) is 19.0. The zero-order valence-corrected chi connectivity index (χ0v) is 16.5. The van der Waals surface area contributed by atoms with Crippen molar-refractivity contribution in [1.82, 2.24) is 10.1 Å². The zero-order chi connectivity index (χ0) is 20.9. The summed E-state index contributed by atoms with van der Waals surface area (Å²) >= 11 is 0. The Kier molecular flexibility index (Phi) is 5.61. The lowest BCUT2D eigenvalue weighted by molar-refractivity contribution is 0.305. The number of benzene rings is 3. The quantitative estimate of drug-likeness (QED) is 0.423. The molecule has 0 radical (unpaired) electrons. The summed E-state index contributed by atoms with van der Waals surface area (Å²) in [5.41, 5.74) is 2.27. The van der Waals surface area contributed by atoms with Crippen LogP contribution in [-0.4, -0.2) is 24.4 Å². The van der Waals surface area contributed by atoms with E-state index in [-0.39, 0.29) is 12.4 Å². The molecule has 0 saturated carbocycles. The van der Waals surface area contributed by atoms with Crippen LogP contribution >= 0.6 is 0 Å². The lowest BCUT2D eigenvalue weighted by Crippen LogP contribution is -1.95. The predicted octanol–water partition coefficient (Wildman–Crippen LogP) is 5.14. The lowest BCUT2D eigenvalue weighted by Gasteiger charge is -2.07. The van der Waals surface area contributed by atoms with Crippen molar-refractivity contribution >= 4 is 0 Å². The topological polar surface area (TPSA) is 66.6 Å². The summed E-state index contributed by atoms with van der Waals surface area (Å²) in [6.07, 6.45) is 0. The van der Waals surface area contributed by atoms with Gasteiger partial charge in [-0.25, -0.2) is 4.39 Å². The molecular weight excluding hydrogens is 387 g/mol. The van der Waals surface area contributed by atoms with Crippen LogP contribution in [0.5, 0.6) is 17.2 Å². The van der Waals surface area contributed by atoms with Crippen molar-refractivity contribution in [3.8, 4) is 40.1 Å². The van der Waals surface area contributed by atoms with E-state index < -0.39 is 0 Å². The van der Waals surface area contributed by atoms with Crippen molar-refractivity contribution in [3.63, 3.8) is 0 Å². The van der Waals surface area contributed by atoms with Gasteiger partial charge in [-0.15, -0.1) is 0 Å². The smallest absolute Gasteiger partial charge is 0.258 e. The van der Waals surface area contributed by atoms with Crippen molar-refractivity contribution in [2.24, 2.45) is 0 Å². The zero-order valence-electron chi connectivity index (χ0n) is 16.5. The van der Waals surface area contributed by atoms with Crippen molar-refractivity contribution in [2.45, 2.75) is 6.61 Å². The first-order valence-electron chi connectivity index (χ1n) is 9.20. The second-order valence-corrected chi connectivity index (χ2v) is 6.44. The maximum absolute atomic E-state index is 13.2. The van der Waals surface area contributed by atoms with Gasteiger partial charge in [-0.1, -0.05) is 17.3 Å². The highest BCUT2D eigenvalue weighted by molar-refractivity contribution is 5.63. The number of aromatic nitrogens is 2. The molecule has 0 aliphatic rings. The third-order valence-electron chi connectivity index (χ3n) is 4.46. The molecule has 4 rings (SSSR count). The Bertz CT molecular complexity index is 1140. The molecule has 0 atom stereocenters. The summed E-state index contributed by atoms with van der Waals surface area (Å²) in [4.78, 5) is 4.46. The average molecular weight is 406 g/mol. The van der Waals surface area contributed by atoms with E-state index in [9.17, 15) is 4.39 Å². The van der Waals surface area contributed by atoms with E-state index in [2.05, 4.69) is 10.1 Å². The van der Waals surface area contributed by atoms with E-state index >= 15 is 0 Å². The van der Waals surface area contributed by atoms with Crippen LogP contribution in [0.3, 0.4) is 0 Å². The molecule has 6 nitrogen and oxygen atoms in total. The fourth-order valence-electron chi connectivity index (χ4n) is 2.92. The molecule has 3 aromatic carbocycles. The molecule has 152 valence electrons. The monoisotopic (exact) mass is 406 g/mol. The fourth-order valence-corrected chi connectivity index (χ4v) is 2.92. The largest absolute Gasteiger partial charge is 0.493 e. The van der Waals surface area contributed by atoms with Gasteiger partial charge in [-0.3, -0.25) is 0 Å². The molecular formula is C23H19FN2O4. The van der Waals surface area contributed by atoms with E-state index in [1.165, 1.54) is 12.1 Å². The van der Waals surface area contributed by atoms with Crippen molar-refractivity contribution in [2.75, 3.05) is 14.2 Å². The number of hydrogen-bond acceptors (Lipinski definition) is 6. The molecule has 0 N–H and O–H groups in total. The van der Waals surface area contributed by atoms with Gasteiger partial charge < -0.3 is 18.7 Å². The van der Waals surface area contributed by atoms with Gasteiger partial charge in [-0.05, 0) is 60.2 Å². The Morgan fingerprint density at radius 2 is 1.63 bits per heavy atom. The molecule has 0 fully saturated rings. The first kappa shape index (κ1) is 19.4. The molecule has 1 heterocycles. The van der Waals surface area contributed by atoms with Gasteiger partial charge in [0.15, 0.2) is 11.5 Å². The molecule has 0 unspecified atom stereocenters. The van der Waals surface area contributed by atoms with Gasteiger partial charge in [-0.2, -0.15) is 4.98 Å². The summed E-state index contributed by atoms with van der Waals surface area (Å²) in [5.74, 6) is 2.40. The van der Waals surface area contributed by atoms with E-state index in [1.54, 1.807) is 44.6 Å². The molecule has 7 heteroatoms. The van der Waals surface area contributed by atoms with Crippen LogP contribution < -0.4 is 14.2 Å².